The summed E-state index contributed by atoms with van der Waals surface area (Å²) in [6.07, 6.45) is 11.7. The number of fused-ring (bicyclic) bond motifs is 6. The van der Waals surface area contributed by atoms with E-state index in [4.69, 9.17) is 0 Å². The van der Waals surface area contributed by atoms with E-state index in [1.54, 1.807) is 6.07 Å². The number of aromatic nitrogens is 12. The van der Waals surface area contributed by atoms with E-state index in [-0.39, 0.29) is 5.82 Å². The number of aryl methyl sites for hydroxylation is 20. The van der Waals surface area contributed by atoms with E-state index in [2.05, 4.69) is 399 Å². The molecule has 0 amide bonds. The number of hydrogen-bond donors (Lipinski definition) is 0. The molecule has 0 saturated heterocycles. The zero-order valence-electron chi connectivity index (χ0n) is 76.1. The molecule has 0 aliphatic carbocycles. The molecule has 0 spiro atoms. The maximum Gasteiger partial charge on any atom is 0.296 e. The van der Waals surface area contributed by atoms with E-state index in [0.29, 0.717) is 5.92 Å². The van der Waals surface area contributed by atoms with Gasteiger partial charge in [-0.25, -0.2) is 31.8 Å². The van der Waals surface area contributed by atoms with Gasteiger partial charge in [0.1, 0.15) is 40.0 Å². The molecule has 13 heteroatoms. The highest BCUT2D eigenvalue weighted by Gasteiger charge is 2.25. The van der Waals surface area contributed by atoms with Gasteiger partial charge < -0.3 is 0 Å². The highest BCUT2D eigenvalue weighted by Crippen LogP contribution is 2.36. The van der Waals surface area contributed by atoms with E-state index in [1.165, 1.54) is 167 Å². The van der Waals surface area contributed by atoms with Gasteiger partial charge in [-0.15, -0.1) is 0 Å². The van der Waals surface area contributed by atoms with Gasteiger partial charge in [0.15, 0.2) is 33.1 Å². The molecule has 618 valence electrons. The predicted octanol–water partition coefficient (Wildman–Crippen LogP) is 23.0. The average Bonchev–Trinajstić information content (AvgIpc) is 0.805. The molecule has 18 rings (SSSR count). The summed E-state index contributed by atoms with van der Waals surface area (Å²) < 4.78 is 26.2. The number of rotatable bonds is 9. The van der Waals surface area contributed by atoms with Gasteiger partial charge in [-0.3, -0.25) is 0 Å². The fraction of sp³-hybridized carbons (Fsp3) is 0.236. The maximum atomic E-state index is 13.5. The minimum atomic E-state index is -0.199. The topological polar surface area (TPSA) is 101 Å². The number of para-hydroxylation sites is 3. The SMILES string of the molecule is CCC(CC)c1ccc2nc[n+](C)c(-c3ccc(F)cc3C)c2c1.Cc1ccc(C)c(-c2c3cc(C)ccc3nc[n+]2C)c1.Cc1ccc(C)c(-c2c3ccc(C)cc3nc[n+]2C)c1.Cc1ccc(C)c(-c2c3cccc(C)c3nc[n+]2C)c1.Cc1ccc(C)c(-c2c3ccccc3nc(C)[n+]2C)c1.Cc1ccc(C)c(-c2c3ccccc3nc[n+]2C)c1. The molecular formula is C110H117FN12+6. The third-order valence-electron chi connectivity index (χ3n) is 23.8. The second-order valence-electron chi connectivity index (χ2n) is 33.5. The second kappa shape index (κ2) is 38.1. The molecule has 123 heavy (non-hydrogen) atoms. The van der Waals surface area contributed by atoms with Crippen molar-refractivity contribution >= 4 is 65.4 Å². The third-order valence-corrected chi connectivity index (χ3v) is 23.8. The van der Waals surface area contributed by atoms with Crippen molar-refractivity contribution in [1.29, 1.82) is 0 Å². The van der Waals surface area contributed by atoms with E-state index in [0.717, 1.165) is 74.0 Å². The quantitative estimate of drug-likeness (QED) is 0.133. The standard InChI is InChI=1S/C21H24FN2.4C18H19N2.C17H17N2/c1-5-15(6-2)16-7-10-20-19(12-16)21(24(4)13-23-20)18-9-8-17(22)11-14(18)3;1-12-5-7-14(3)15(9-12)18-16-10-13(2)6-8-17(16)19-11-20(18)4;1-12-5-7-14(3)16(9-12)18-15-8-6-13(2)10-17(15)19-11-20(18)4;1-12-8-9-13(2)16(10-12)18-15-7-5-6-14(3)17(15)19-11-20(18)4;1-12-9-10-13(2)16(11-12)18-15-7-5-6-8-17(15)19-14(3)20(18)4;1-12-8-9-13(2)15(10-12)17-14-6-4-5-7-16(14)18-11-19(17)3/h7-13,15H,5-6H2,1-4H3;4*5-11H,1-4H3;4-11H,1-3H3/q6*+1. The van der Waals surface area contributed by atoms with Gasteiger partial charge in [0.25, 0.3) is 37.5 Å². The largest absolute Gasteiger partial charge is 0.296 e. The molecule has 0 aliphatic heterocycles. The molecule has 0 saturated carbocycles. The van der Waals surface area contributed by atoms with Gasteiger partial charge in [0.05, 0.1) is 74.6 Å². The number of nitrogens with zero attached hydrogens (tertiary/aromatic N) is 12. The van der Waals surface area contributed by atoms with E-state index in [1.807, 2.05) is 68.4 Å². The predicted molar refractivity (Wildman–Crippen MR) is 504 cm³/mol. The van der Waals surface area contributed by atoms with Crippen molar-refractivity contribution < 1.29 is 31.8 Å². The molecule has 6 aromatic heterocycles. The van der Waals surface area contributed by atoms with Crippen LogP contribution in [-0.2, 0) is 42.3 Å². The summed E-state index contributed by atoms with van der Waals surface area (Å²) in [7, 11) is 12.3. The molecule has 6 heterocycles. The Hall–Kier alpha value is -13.4. The molecule has 0 aliphatic rings. The van der Waals surface area contributed by atoms with Crippen LogP contribution in [0.2, 0.25) is 0 Å². The first-order valence-electron chi connectivity index (χ1n) is 42.6. The molecule has 0 fully saturated rings. The van der Waals surface area contributed by atoms with Crippen LogP contribution in [0.3, 0.4) is 0 Å². The van der Waals surface area contributed by atoms with Crippen LogP contribution in [0.25, 0.3) is 133 Å². The lowest BCUT2D eigenvalue weighted by Crippen LogP contribution is -2.36. The van der Waals surface area contributed by atoms with Gasteiger partial charge in [-0.1, -0.05) is 162 Å². The third kappa shape index (κ3) is 19.3. The zero-order valence-corrected chi connectivity index (χ0v) is 76.1. The van der Waals surface area contributed by atoms with Gasteiger partial charge in [0, 0.05) is 45.9 Å². The smallest absolute Gasteiger partial charge is 0.232 e. The van der Waals surface area contributed by atoms with Gasteiger partial charge in [0.2, 0.25) is 0 Å². The number of halogens is 1. The summed E-state index contributed by atoms with van der Waals surface area (Å²) in [6.45, 7) is 36.3. The van der Waals surface area contributed by atoms with E-state index >= 15 is 0 Å². The Kier molecular flexibility index (Phi) is 27.1. The zero-order chi connectivity index (χ0) is 87.8. The summed E-state index contributed by atoms with van der Waals surface area (Å²) in [6, 6.07) is 80.5. The Morgan fingerprint density at radius 1 is 0.260 bits per heavy atom. The molecular weight excluding hydrogens is 1510 g/mol. The average molecular weight is 1630 g/mol. The Morgan fingerprint density at radius 2 is 0.610 bits per heavy atom. The van der Waals surface area contributed by atoms with Crippen molar-refractivity contribution in [2.24, 2.45) is 42.3 Å². The molecule has 0 N–H and O–H groups in total. The number of benzene rings is 12. The highest BCUT2D eigenvalue weighted by atomic mass is 19.1. The van der Waals surface area contributed by atoms with Crippen LogP contribution in [-0.4, -0.2) is 29.9 Å². The Balaban J connectivity index is 0.000000127. The molecule has 0 unspecified atom stereocenters. The van der Waals surface area contributed by atoms with E-state index in [9.17, 15) is 4.39 Å². The Bertz CT molecular complexity index is 6950. The Morgan fingerprint density at radius 3 is 1.09 bits per heavy atom. The van der Waals surface area contributed by atoms with Crippen molar-refractivity contribution in [3.05, 3.63) is 357 Å². The van der Waals surface area contributed by atoms with Crippen molar-refractivity contribution in [2.75, 3.05) is 0 Å². The minimum Gasteiger partial charge on any atom is -0.232 e. The van der Waals surface area contributed by atoms with Crippen LogP contribution >= 0.6 is 0 Å². The fourth-order valence-corrected chi connectivity index (χ4v) is 16.8. The fourth-order valence-electron chi connectivity index (χ4n) is 16.8. The number of hydrogen-bond acceptors (Lipinski definition) is 6. The van der Waals surface area contributed by atoms with Crippen molar-refractivity contribution in [2.45, 2.75) is 136 Å². The summed E-state index contributed by atoms with van der Waals surface area (Å²) >= 11 is 0. The van der Waals surface area contributed by atoms with Crippen LogP contribution < -0.4 is 27.4 Å². The lowest BCUT2D eigenvalue weighted by Gasteiger charge is -2.14. The van der Waals surface area contributed by atoms with Gasteiger partial charge in [-0.2, -0.15) is 0 Å². The van der Waals surface area contributed by atoms with Gasteiger partial charge in [-0.05, 0) is 305 Å². The molecule has 12 nitrogen and oxygen atoms in total. The van der Waals surface area contributed by atoms with Gasteiger partial charge >= 0.3 is 0 Å². The van der Waals surface area contributed by atoms with Crippen molar-refractivity contribution in [3.8, 4) is 67.5 Å². The van der Waals surface area contributed by atoms with Crippen molar-refractivity contribution in [3.63, 3.8) is 0 Å². The first kappa shape index (κ1) is 87.4. The molecule has 18 aromatic rings. The van der Waals surface area contributed by atoms with Crippen LogP contribution in [0.4, 0.5) is 4.39 Å². The second-order valence-corrected chi connectivity index (χ2v) is 33.5. The van der Waals surface area contributed by atoms with Crippen molar-refractivity contribution in [1.82, 2.24) is 29.9 Å². The lowest BCUT2D eigenvalue weighted by atomic mass is 9.91. The summed E-state index contributed by atoms with van der Waals surface area (Å²) in [5.41, 5.74) is 39.8. The van der Waals surface area contributed by atoms with Crippen LogP contribution in [0.1, 0.15) is 122 Å². The normalized spacial score (nSPS) is 11.1. The lowest BCUT2D eigenvalue weighted by molar-refractivity contribution is -0.668. The minimum absolute atomic E-state index is 0.199. The van der Waals surface area contributed by atoms with Crippen LogP contribution in [0.15, 0.2) is 262 Å². The molecule has 0 atom stereocenters. The van der Waals surface area contributed by atoms with Crippen LogP contribution in [0.5, 0.6) is 0 Å². The monoisotopic (exact) mass is 1620 g/mol. The van der Waals surface area contributed by atoms with Crippen LogP contribution in [0, 0.1) is 110 Å². The first-order chi connectivity index (χ1) is 59.0. The Labute approximate surface area is 726 Å². The molecule has 0 bridgehead atoms. The summed E-state index contributed by atoms with van der Waals surface area (Å²) in [5, 5.41) is 7.15. The molecule has 0 radical (unpaired) electrons. The first-order valence-corrected chi connectivity index (χ1v) is 42.6. The maximum absolute atomic E-state index is 13.5. The highest BCUT2D eigenvalue weighted by molar-refractivity contribution is 5.97. The molecule has 12 aromatic carbocycles. The summed E-state index contributed by atoms with van der Waals surface area (Å²) in [4.78, 5) is 27.4. The van der Waals surface area contributed by atoms with E-state index < -0.39 is 0 Å². The summed E-state index contributed by atoms with van der Waals surface area (Å²) in [5.74, 6) is 1.39.